The number of alkyl carbamates (subject to hydrolysis) is 1. The van der Waals surface area contributed by atoms with E-state index in [2.05, 4.69) is 53.5 Å². The van der Waals surface area contributed by atoms with Crippen molar-refractivity contribution >= 4 is 23.3 Å². The Morgan fingerprint density at radius 1 is 1.12 bits per heavy atom. The molecule has 0 saturated carbocycles. The number of benzene rings is 1. The minimum atomic E-state index is -0.755. The third-order valence-corrected chi connectivity index (χ3v) is 5.44. The summed E-state index contributed by atoms with van der Waals surface area (Å²) in [6.45, 7) is 6.12. The maximum Gasteiger partial charge on any atom is 0.413 e. The summed E-state index contributed by atoms with van der Waals surface area (Å²) in [5.74, 6) is 0.0941. The monoisotopic (exact) mass is 374 g/mol. The van der Waals surface area contributed by atoms with Crippen molar-refractivity contribution in [3.63, 3.8) is 0 Å². The summed E-state index contributed by atoms with van der Waals surface area (Å²) in [5, 5.41) is 7.53. The highest BCUT2D eigenvalue weighted by Gasteiger charge is 2.23. The zero-order chi connectivity index (χ0) is 19.1. The van der Waals surface area contributed by atoms with Crippen molar-refractivity contribution in [3.8, 4) is 0 Å². The summed E-state index contributed by atoms with van der Waals surface area (Å²) in [5.41, 5.74) is 2.38. The Kier molecular flexibility index (Phi) is 7.36. The molecule has 3 atom stereocenters. The van der Waals surface area contributed by atoms with Crippen LogP contribution in [-0.4, -0.2) is 25.2 Å². The molecule has 1 aromatic carbocycles. The van der Waals surface area contributed by atoms with Gasteiger partial charge in [-0.25, -0.2) is 4.79 Å². The molecule has 0 unspecified atom stereocenters. The zero-order valence-electron chi connectivity index (χ0n) is 15.6. The molecule has 1 aromatic heterocycles. The van der Waals surface area contributed by atoms with Crippen LogP contribution in [0.1, 0.15) is 55.2 Å². The lowest BCUT2D eigenvalue weighted by Crippen LogP contribution is -2.45. The van der Waals surface area contributed by atoms with Gasteiger partial charge in [-0.15, -0.1) is 11.3 Å². The Balaban J connectivity index is 2.19. The van der Waals surface area contributed by atoms with Crippen molar-refractivity contribution in [1.29, 1.82) is 0 Å². The van der Waals surface area contributed by atoms with Gasteiger partial charge in [-0.1, -0.05) is 44.2 Å². The number of imide groups is 1. The first-order chi connectivity index (χ1) is 12.5. The fourth-order valence-electron chi connectivity index (χ4n) is 2.64. The first-order valence-electron chi connectivity index (χ1n) is 8.74. The molecule has 0 radical (unpaired) electrons. The molecule has 2 amide bonds. The van der Waals surface area contributed by atoms with E-state index in [1.807, 2.05) is 17.5 Å². The lowest BCUT2D eigenvalue weighted by molar-refractivity contribution is -0.122. The minimum absolute atomic E-state index is 0.126. The summed E-state index contributed by atoms with van der Waals surface area (Å²) < 4.78 is 4.48. The van der Waals surface area contributed by atoms with Crippen LogP contribution in [0.3, 0.4) is 0 Å². The first kappa shape index (κ1) is 20.1. The van der Waals surface area contributed by atoms with Crippen molar-refractivity contribution in [2.45, 2.75) is 45.2 Å². The van der Waals surface area contributed by atoms with Crippen LogP contribution in [0.15, 0.2) is 41.8 Å². The molecule has 0 aliphatic carbocycles. The fourth-order valence-corrected chi connectivity index (χ4v) is 3.45. The Labute approximate surface area is 158 Å². The lowest BCUT2D eigenvalue weighted by atomic mass is 9.95. The van der Waals surface area contributed by atoms with Crippen LogP contribution in [0.25, 0.3) is 0 Å². The molecule has 0 fully saturated rings. The van der Waals surface area contributed by atoms with Gasteiger partial charge in [0.05, 0.1) is 19.2 Å². The molecule has 2 rings (SSSR count). The third kappa shape index (κ3) is 5.16. The smallest absolute Gasteiger partial charge is 0.413 e. The Morgan fingerprint density at radius 3 is 2.31 bits per heavy atom. The van der Waals surface area contributed by atoms with Crippen LogP contribution in [0.2, 0.25) is 0 Å². The molecule has 2 N–H and O–H groups in total. The highest BCUT2D eigenvalue weighted by molar-refractivity contribution is 7.10. The SMILES string of the molecule is CC[C@H](C)c1ccc([C@@H](N[C@@H](C)C(=O)NC(=O)OC)c2cccs2)cc1. The highest BCUT2D eigenvalue weighted by Crippen LogP contribution is 2.28. The Bertz CT molecular complexity index is 713. The highest BCUT2D eigenvalue weighted by atomic mass is 32.1. The van der Waals surface area contributed by atoms with Gasteiger partial charge in [0.25, 0.3) is 0 Å². The van der Waals surface area contributed by atoms with E-state index in [1.54, 1.807) is 18.3 Å². The van der Waals surface area contributed by atoms with Gasteiger partial charge in [-0.05, 0) is 41.8 Å². The summed E-state index contributed by atoms with van der Waals surface area (Å²) in [7, 11) is 1.23. The summed E-state index contributed by atoms with van der Waals surface area (Å²) >= 11 is 1.63. The van der Waals surface area contributed by atoms with Crippen molar-refractivity contribution < 1.29 is 14.3 Å². The number of amides is 2. The number of carbonyl (C=O) groups excluding carboxylic acids is 2. The van der Waals surface area contributed by atoms with E-state index in [1.165, 1.54) is 12.7 Å². The van der Waals surface area contributed by atoms with Gasteiger partial charge in [-0.3, -0.25) is 15.4 Å². The fraction of sp³-hybridized carbons (Fsp3) is 0.400. The topological polar surface area (TPSA) is 67.4 Å². The first-order valence-corrected chi connectivity index (χ1v) is 9.62. The van der Waals surface area contributed by atoms with E-state index < -0.39 is 18.0 Å². The van der Waals surface area contributed by atoms with Gasteiger partial charge in [0.15, 0.2) is 0 Å². The quantitative estimate of drug-likeness (QED) is 0.762. The van der Waals surface area contributed by atoms with Crippen LogP contribution >= 0.6 is 11.3 Å². The van der Waals surface area contributed by atoms with Crippen molar-refractivity contribution in [3.05, 3.63) is 57.8 Å². The molecule has 0 aliphatic heterocycles. The standard InChI is InChI=1S/C20H26N2O3S/c1-5-13(2)15-8-10-16(11-9-15)18(17-7-6-12-26-17)21-14(3)19(23)22-20(24)25-4/h6-14,18,21H,5H2,1-4H3,(H,22,23,24)/t13-,14-,18+/m0/s1. The number of ether oxygens (including phenoxy) is 1. The molecule has 0 spiro atoms. The number of nitrogens with one attached hydrogen (secondary N) is 2. The van der Waals surface area contributed by atoms with Crippen molar-refractivity contribution in [1.82, 2.24) is 10.6 Å². The second-order valence-electron chi connectivity index (χ2n) is 6.29. The summed E-state index contributed by atoms with van der Waals surface area (Å²) in [6.07, 6.45) is 0.339. The van der Waals surface area contributed by atoms with E-state index in [0.717, 1.165) is 16.9 Å². The Hall–Kier alpha value is -2.18. The van der Waals surface area contributed by atoms with E-state index in [0.29, 0.717) is 5.92 Å². The van der Waals surface area contributed by atoms with E-state index in [4.69, 9.17) is 0 Å². The van der Waals surface area contributed by atoms with Crippen LogP contribution in [0, 0.1) is 0 Å². The molecule has 1 heterocycles. The Morgan fingerprint density at radius 2 is 1.77 bits per heavy atom. The number of carbonyl (C=O) groups is 2. The summed E-state index contributed by atoms with van der Waals surface area (Å²) in [4.78, 5) is 24.5. The molecular formula is C20H26N2O3S. The zero-order valence-corrected chi connectivity index (χ0v) is 16.4. The van der Waals surface area contributed by atoms with Crippen LogP contribution in [0.5, 0.6) is 0 Å². The predicted octanol–water partition coefficient (Wildman–Crippen LogP) is 4.21. The van der Waals surface area contributed by atoms with Crippen LogP contribution in [0.4, 0.5) is 4.79 Å². The molecule has 6 heteroatoms. The normalized spacial score (nSPS) is 14.3. The molecule has 2 aromatic rings. The van der Waals surface area contributed by atoms with Gasteiger partial charge in [0, 0.05) is 4.88 Å². The third-order valence-electron chi connectivity index (χ3n) is 4.50. The maximum atomic E-state index is 12.2. The second kappa shape index (κ2) is 9.50. The number of rotatable bonds is 7. The molecule has 0 aliphatic rings. The van der Waals surface area contributed by atoms with E-state index in [9.17, 15) is 9.59 Å². The molecule has 5 nitrogen and oxygen atoms in total. The van der Waals surface area contributed by atoms with Gasteiger partial charge < -0.3 is 4.74 Å². The predicted molar refractivity (Wildman–Crippen MR) is 104 cm³/mol. The average Bonchev–Trinajstić information content (AvgIpc) is 3.19. The van der Waals surface area contributed by atoms with E-state index >= 15 is 0 Å². The second-order valence-corrected chi connectivity index (χ2v) is 7.27. The molecule has 0 bridgehead atoms. The maximum absolute atomic E-state index is 12.2. The van der Waals surface area contributed by atoms with Crippen LogP contribution in [-0.2, 0) is 9.53 Å². The number of hydrogen-bond acceptors (Lipinski definition) is 5. The van der Waals surface area contributed by atoms with Gasteiger partial charge >= 0.3 is 6.09 Å². The summed E-state index contributed by atoms with van der Waals surface area (Å²) in [6, 6.07) is 11.8. The molecule has 0 saturated heterocycles. The lowest BCUT2D eigenvalue weighted by Gasteiger charge is -2.23. The number of methoxy groups -OCH3 is 1. The largest absolute Gasteiger partial charge is 0.453 e. The average molecular weight is 375 g/mol. The van der Waals surface area contributed by atoms with Crippen molar-refractivity contribution in [2.75, 3.05) is 7.11 Å². The molecule has 140 valence electrons. The van der Waals surface area contributed by atoms with Crippen molar-refractivity contribution in [2.24, 2.45) is 0 Å². The van der Waals surface area contributed by atoms with Crippen LogP contribution < -0.4 is 10.6 Å². The minimum Gasteiger partial charge on any atom is -0.453 e. The van der Waals surface area contributed by atoms with Gasteiger partial charge in [0.1, 0.15) is 0 Å². The molecular weight excluding hydrogens is 348 g/mol. The van der Waals surface area contributed by atoms with E-state index in [-0.39, 0.29) is 6.04 Å². The molecule has 26 heavy (non-hydrogen) atoms. The van der Waals surface area contributed by atoms with Gasteiger partial charge in [-0.2, -0.15) is 0 Å². The number of hydrogen-bond donors (Lipinski definition) is 2. The number of thiophene rings is 1. The van der Waals surface area contributed by atoms with Gasteiger partial charge in [0.2, 0.25) is 5.91 Å².